The Labute approximate surface area is 87.8 Å². The first kappa shape index (κ1) is 9.97. The van der Waals surface area contributed by atoms with Gasteiger partial charge in [0.25, 0.3) is 0 Å². The Balaban J connectivity index is 2.31. The molecule has 0 bridgehead atoms. The molecule has 0 N–H and O–H groups in total. The summed E-state index contributed by atoms with van der Waals surface area (Å²) in [5.74, 6) is -0.723. The van der Waals surface area contributed by atoms with E-state index in [9.17, 15) is 9.59 Å². The lowest BCUT2D eigenvalue weighted by Crippen LogP contribution is -2.31. The summed E-state index contributed by atoms with van der Waals surface area (Å²) in [6, 6.07) is 0. The van der Waals surface area contributed by atoms with E-state index in [2.05, 4.69) is 4.74 Å². The number of rotatable bonds is 1. The zero-order valence-corrected chi connectivity index (χ0v) is 9.22. The lowest BCUT2D eigenvalue weighted by molar-refractivity contribution is -0.143. The second-order valence-corrected chi connectivity index (χ2v) is 5.47. The summed E-state index contributed by atoms with van der Waals surface area (Å²) in [5.41, 5.74) is -0.169. The number of ether oxygens (including phenoxy) is 1. The Bertz CT molecular complexity index is 323. The largest absolute Gasteiger partial charge is 0.468 e. The number of methoxy groups -OCH3 is 1. The van der Waals surface area contributed by atoms with Gasteiger partial charge < -0.3 is 4.74 Å². The van der Waals surface area contributed by atoms with Crippen LogP contribution in [0.25, 0.3) is 0 Å². The number of alkyl halides is 1. The van der Waals surface area contributed by atoms with Gasteiger partial charge >= 0.3 is 5.97 Å². The Hall–Kier alpha value is -0.570. The molecule has 0 aliphatic heterocycles. The van der Waals surface area contributed by atoms with Crippen LogP contribution in [0.1, 0.15) is 20.3 Å². The van der Waals surface area contributed by atoms with E-state index in [4.69, 9.17) is 11.6 Å². The number of halogens is 1. The molecule has 0 aromatic heterocycles. The molecule has 0 heterocycles. The van der Waals surface area contributed by atoms with Crippen molar-refractivity contribution in [3.63, 3.8) is 0 Å². The molecule has 0 amide bonds. The minimum absolute atomic E-state index is 0.0448. The van der Waals surface area contributed by atoms with Crippen molar-refractivity contribution < 1.29 is 14.3 Å². The molecule has 0 spiro atoms. The van der Waals surface area contributed by atoms with E-state index in [0.29, 0.717) is 6.42 Å². The van der Waals surface area contributed by atoms with Crippen molar-refractivity contribution in [2.75, 3.05) is 7.11 Å². The summed E-state index contributed by atoms with van der Waals surface area (Å²) >= 11 is 6.15. The highest BCUT2D eigenvalue weighted by atomic mass is 35.5. The van der Waals surface area contributed by atoms with Crippen LogP contribution in [0, 0.1) is 17.3 Å². The Kier molecular flexibility index (Phi) is 1.79. The first-order chi connectivity index (χ1) is 6.35. The molecule has 14 heavy (non-hydrogen) atoms. The average molecular weight is 217 g/mol. The van der Waals surface area contributed by atoms with Gasteiger partial charge in [-0.3, -0.25) is 9.59 Å². The molecule has 2 aliphatic carbocycles. The highest BCUT2D eigenvalue weighted by Gasteiger charge is 2.80. The van der Waals surface area contributed by atoms with Crippen molar-refractivity contribution in [2.45, 2.75) is 25.1 Å². The van der Waals surface area contributed by atoms with Crippen LogP contribution in [-0.2, 0) is 14.3 Å². The van der Waals surface area contributed by atoms with Crippen LogP contribution in [-0.4, -0.2) is 23.7 Å². The number of carbonyl (C=O) groups excluding carboxylic acids is 2. The standard InChI is InChI=1S/C10H13ClO3/c1-9(2)4-5(12)6-7(9)10(6,11)8(13)14-3/h6-7H,4H2,1-3H3/t6-,7+,10+/m1/s1. The van der Waals surface area contributed by atoms with Crippen LogP contribution < -0.4 is 0 Å². The molecule has 0 saturated heterocycles. The van der Waals surface area contributed by atoms with Gasteiger partial charge in [0.1, 0.15) is 5.78 Å². The van der Waals surface area contributed by atoms with E-state index in [1.807, 2.05) is 13.8 Å². The van der Waals surface area contributed by atoms with E-state index in [0.717, 1.165) is 0 Å². The predicted octanol–water partition coefficient (Wildman–Crippen LogP) is 1.38. The second-order valence-electron chi connectivity index (χ2n) is 4.85. The second kappa shape index (κ2) is 2.51. The highest BCUT2D eigenvalue weighted by molar-refractivity contribution is 6.40. The Morgan fingerprint density at radius 2 is 2.14 bits per heavy atom. The fourth-order valence-electron chi connectivity index (χ4n) is 2.88. The normalized spacial score (nSPS) is 43.3. The average Bonchev–Trinajstić information content (AvgIpc) is 2.63. The SMILES string of the molecule is COC(=O)[C@]1(Cl)[C@@H]2C(=O)CC(C)(C)[C@H]21. The lowest BCUT2D eigenvalue weighted by atomic mass is 9.85. The molecular formula is C10H13ClO3. The van der Waals surface area contributed by atoms with Gasteiger partial charge in [-0.2, -0.15) is 0 Å². The maximum Gasteiger partial charge on any atom is 0.328 e. The van der Waals surface area contributed by atoms with Crippen molar-refractivity contribution in [1.29, 1.82) is 0 Å². The van der Waals surface area contributed by atoms with E-state index in [1.165, 1.54) is 7.11 Å². The van der Waals surface area contributed by atoms with E-state index < -0.39 is 10.8 Å². The molecule has 4 heteroatoms. The number of fused-ring (bicyclic) bond motifs is 1. The number of hydrogen-bond acceptors (Lipinski definition) is 3. The van der Waals surface area contributed by atoms with Crippen LogP contribution in [0.3, 0.4) is 0 Å². The van der Waals surface area contributed by atoms with Gasteiger partial charge in [0.2, 0.25) is 0 Å². The van der Waals surface area contributed by atoms with Crippen LogP contribution in [0.2, 0.25) is 0 Å². The van der Waals surface area contributed by atoms with Crippen LogP contribution in [0.5, 0.6) is 0 Å². The van der Waals surface area contributed by atoms with Crippen LogP contribution in [0.4, 0.5) is 0 Å². The number of carbonyl (C=O) groups is 2. The summed E-state index contributed by atoms with van der Waals surface area (Å²) in [5, 5.41) is 0. The molecule has 0 radical (unpaired) electrons. The summed E-state index contributed by atoms with van der Waals surface area (Å²) < 4.78 is 4.63. The van der Waals surface area contributed by atoms with Gasteiger partial charge in [-0.1, -0.05) is 13.8 Å². The highest BCUT2D eigenvalue weighted by Crippen LogP contribution is 2.70. The summed E-state index contributed by atoms with van der Waals surface area (Å²) in [6.45, 7) is 3.95. The predicted molar refractivity (Wildman–Crippen MR) is 51.0 cm³/mol. The van der Waals surface area contributed by atoms with E-state index in [1.54, 1.807) is 0 Å². The summed E-state index contributed by atoms with van der Waals surface area (Å²) in [7, 11) is 1.30. The minimum Gasteiger partial charge on any atom is -0.468 e. The maximum absolute atomic E-state index is 11.6. The van der Waals surface area contributed by atoms with Gasteiger partial charge in [0.05, 0.1) is 13.0 Å². The molecule has 2 rings (SSSR count). The summed E-state index contributed by atoms with van der Waals surface area (Å²) in [6.07, 6.45) is 0.522. The molecule has 3 atom stereocenters. The molecule has 2 aliphatic rings. The van der Waals surface area contributed by atoms with Crippen molar-refractivity contribution >= 4 is 23.4 Å². The first-order valence-electron chi connectivity index (χ1n) is 4.65. The van der Waals surface area contributed by atoms with Crippen molar-refractivity contribution in [3.05, 3.63) is 0 Å². The summed E-state index contributed by atoms with van der Waals surface area (Å²) in [4.78, 5) is 21.9. The zero-order chi connectivity index (χ0) is 10.7. The number of Topliss-reactive ketones (excluding diaryl/α,β-unsaturated/α-hetero) is 1. The first-order valence-corrected chi connectivity index (χ1v) is 5.03. The Morgan fingerprint density at radius 3 is 2.50 bits per heavy atom. The van der Waals surface area contributed by atoms with E-state index >= 15 is 0 Å². The van der Waals surface area contributed by atoms with Gasteiger partial charge in [0, 0.05) is 12.3 Å². The molecule has 0 unspecified atom stereocenters. The minimum atomic E-state index is -1.06. The van der Waals surface area contributed by atoms with Gasteiger partial charge in [-0.15, -0.1) is 11.6 Å². The number of ketones is 1. The van der Waals surface area contributed by atoms with Crippen molar-refractivity contribution in [1.82, 2.24) is 0 Å². The molecule has 78 valence electrons. The van der Waals surface area contributed by atoms with Crippen molar-refractivity contribution in [3.8, 4) is 0 Å². The fraction of sp³-hybridized carbons (Fsp3) is 0.800. The molecule has 0 aromatic rings. The van der Waals surface area contributed by atoms with E-state index in [-0.39, 0.29) is 23.0 Å². The van der Waals surface area contributed by atoms with Crippen LogP contribution >= 0.6 is 11.6 Å². The fourth-order valence-corrected chi connectivity index (χ4v) is 3.56. The topological polar surface area (TPSA) is 43.4 Å². The monoisotopic (exact) mass is 216 g/mol. The molecule has 0 aromatic carbocycles. The smallest absolute Gasteiger partial charge is 0.328 e. The number of hydrogen-bond donors (Lipinski definition) is 0. The molecule has 3 nitrogen and oxygen atoms in total. The van der Waals surface area contributed by atoms with Crippen LogP contribution in [0.15, 0.2) is 0 Å². The third-order valence-corrected chi connectivity index (χ3v) is 4.07. The zero-order valence-electron chi connectivity index (χ0n) is 8.46. The molecule has 2 saturated carbocycles. The van der Waals surface area contributed by atoms with Crippen molar-refractivity contribution in [2.24, 2.45) is 17.3 Å². The number of esters is 1. The maximum atomic E-state index is 11.6. The third kappa shape index (κ3) is 0.937. The quantitative estimate of drug-likeness (QED) is 0.491. The molecule has 2 fully saturated rings. The van der Waals surface area contributed by atoms with Gasteiger partial charge in [-0.05, 0) is 5.41 Å². The Morgan fingerprint density at radius 1 is 1.57 bits per heavy atom. The lowest BCUT2D eigenvalue weighted by Gasteiger charge is -2.22. The molecular weight excluding hydrogens is 204 g/mol. The van der Waals surface area contributed by atoms with Gasteiger partial charge in [0.15, 0.2) is 4.87 Å². The van der Waals surface area contributed by atoms with Gasteiger partial charge in [-0.25, -0.2) is 0 Å². The third-order valence-electron chi connectivity index (χ3n) is 3.45.